The number of methoxy groups -OCH3 is 3. The first-order valence-corrected chi connectivity index (χ1v) is 11.7. The molecule has 0 aromatic heterocycles. The van der Waals surface area contributed by atoms with E-state index in [-0.39, 0.29) is 5.91 Å². The summed E-state index contributed by atoms with van der Waals surface area (Å²) in [6.45, 7) is 6.77. The van der Waals surface area contributed by atoms with E-state index in [1.54, 1.807) is 21.3 Å². The molecule has 1 aliphatic rings. The summed E-state index contributed by atoms with van der Waals surface area (Å²) in [5.74, 6) is 3.55. The highest BCUT2D eigenvalue weighted by molar-refractivity contribution is 5.76. The van der Waals surface area contributed by atoms with E-state index < -0.39 is 0 Å². The van der Waals surface area contributed by atoms with Gasteiger partial charge in [-0.05, 0) is 31.5 Å². The van der Waals surface area contributed by atoms with Gasteiger partial charge < -0.3 is 28.6 Å². The molecule has 1 amide bonds. The van der Waals surface area contributed by atoms with Gasteiger partial charge in [0.25, 0.3) is 0 Å². The number of nitrogens with zero attached hydrogens (tertiary/aromatic N) is 2. The molecule has 0 radical (unpaired) electrons. The quantitative estimate of drug-likeness (QED) is 0.437. The fourth-order valence-corrected chi connectivity index (χ4v) is 4.09. The van der Waals surface area contributed by atoms with Crippen molar-refractivity contribution in [2.75, 3.05) is 60.7 Å². The minimum absolute atomic E-state index is 0.171. The Balaban J connectivity index is 1.44. The Bertz CT molecular complexity index is 928. The first kappa shape index (κ1) is 25.5. The van der Waals surface area contributed by atoms with Crippen LogP contribution in [0.3, 0.4) is 0 Å². The summed E-state index contributed by atoms with van der Waals surface area (Å²) in [4.78, 5) is 16.9. The minimum atomic E-state index is 0.171. The van der Waals surface area contributed by atoms with E-state index >= 15 is 0 Å². The molecular weight excluding hydrogens is 436 g/mol. The molecule has 0 N–H and O–H groups in total. The Morgan fingerprint density at radius 2 is 1.50 bits per heavy atom. The van der Waals surface area contributed by atoms with Crippen LogP contribution < -0.4 is 23.7 Å². The first-order valence-electron chi connectivity index (χ1n) is 11.7. The second-order valence-electron chi connectivity index (χ2n) is 7.98. The topological polar surface area (TPSA) is 69.7 Å². The third-order valence-electron chi connectivity index (χ3n) is 5.85. The predicted octanol–water partition coefficient (Wildman–Crippen LogP) is 3.61. The van der Waals surface area contributed by atoms with E-state index in [0.717, 1.165) is 36.7 Å². The lowest BCUT2D eigenvalue weighted by molar-refractivity contribution is -0.133. The predicted molar refractivity (Wildman–Crippen MR) is 130 cm³/mol. The molecular formula is C26H36N2O6. The smallest absolute Gasteiger partial charge is 0.222 e. The van der Waals surface area contributed by atoms with Gasteiger partial charge in [-0.25, -0.2) is 0 Å². The third kappa shape index (κ3) is 6.47. The van der Waals surface area contributed by atoms with E-state index in [1.165, 1.54) is 0 Å². The zero-order chi connectivity index (χ0) is 24.3. The van der Waals surface area contributed by atoms with Gasteiger partial charge in [-0.3, -0.25) is 9.69 Å². The lowest BCUT2D eigenvalue weighted by Crippen LogP contribution is -2.48. The average Bonchev–Trinajstić information content (AvgIpc) is 2.87. The maximum absolute atomic E-state index is 12.7. The molecule has 0 aliphatic carbocycles. The Morgan fingerprint density at radius 3 is 2.12 bits per heavy atom. The van der Waals surface area contributed by atoms with Crippen molar-refractivity contribution in [2.24, 2.45) is 0 Å². The molecule has 34 heavy (non-hydrogen) atoms. The first-order chi connectivity index (χ1) is 16.6. The molecule has 1 heterocycles. The summed E-state index contributed by atoms with van der Waals surface area (Å²) in [5.41, 5.74) is 1.03. The number of benzene rings is 2. The Labute approximate surface area is 202 Å². The van der Waals surface area contributed by atoms with Crippen molar-refractivity contribution in [3.05, 3.63) is 42.0 Å². The van der Waals surface area contributed by atoms with Crippen LogP contribution in [0.1, 0.15) is 25.3 Å². The van der Waals surface area contributed by atoms with Crippen LogP contribution in [-0.4, -0.2) is 76.4 Å². The van der Waals surface area contributed by atoms with Crippen molar-refractivity contribution in [1.29, 1.82) is 0 Å². The summed E-state index contributed by atoms with van der Waals surface area (Å²) in [5, 5.41) is 0. The summed E-state index contributed by atoms with van der Waals surface area (Å²) in [6.07, 6.45) is 1.14. The van der Waals surface area contributed by atoms with Gasteiger partial charge in [-0.1, -0.05) is 18.2 Å². The number of carbonyl (C=O) groups excluding carboxylic acids is 1. The molecule has 1 aliphatic heterocycles. The molecule has 8 nitrogen and oxygen atoms in total. The van der Waals surface area contributed by atoms with Crippen LogP contribution in [0.15, 0.2) is 36.4 Å². The Kier molecular flexibility index (Phi) is 9.70. The third-order valence-corrected chi connectivity index (χ3v) is 5.85. The number of para-hydroxylation sites is 2. The maximum atomic E-state index is 12.7. The summed E-state index contributed by atoms with van der Waals surface area (Å²) in [6, 6.07) is 11.5. The van der Waals surface area contributed by atoms with E-state index in [2.05, 4.69) is 4.90 Å². The van der Waals surface area contributed by atoms with Gasteiger partial charge in [0.2, 0.25) is 11.7 Å². The molecule has 1 fully saturated rings. The number of piperazine rings is 1. The lowest BCUT2D eigenvalue weighted by atomic mass is 10.1. The van der Waals surface area contributed by atoms with Crippen molar-refractivity contribution in [3.63, 3.8) is 0 Å². The number of hydrogen-bond donors (Lipinski definition) is 0. The maximum Gasteiger partial charge on any atom is 0.222 e. The summed E-state index contributed by atoms with van der Waals surface area (Å²) >= 11 is 0. The average molecular weight is 473 g/mol. The lowest BCUT2D eigenvalue weighted by Gasteiger charge is -2.35. The number of hydrogen-bond acceptors (Lipinski definition) is 7. The van der Waals surface area contributed by atoms with Crippen LogP contribution in [-0.2, 0) is 11.3 Å². The standard InChI is InChI=1S/C26H36N2O6/c1-5-33-21-9-6-7-10-22(21)34-18-8-11-24(29)28-16-14-27(15-17-28)19-20-12-13-23(30-2)26(32-4)25(20)31-3/h6-7,9-10,12-13H,5,8,11,14-19H2,1-4H3. The molecule has 0 saturated carbocycles. The highest BCUT2D eigenvalue weighted by atomic mass is 16.5. The summed E-state index contributed by atoms with van der Waals surface area (Å²) < 4.78 is 27.9. The van der Waals surface area contributed by atoms with Gasteiger partial charge >= 0.3 is 0 Å². The second-order valence-corrected chi connectivity index (χ2v) is 7.98. The second kappa shape index (κ2) is 12.9. The molecule has 186 valence electrons. The van der Waals surface area contributed by atoms with Gasteiger partial charge in [0, 0.05) is 44.7 Å². The molecule has 0 bridgehead atoms. The molecule has 1 saturated heterocycles. The molecule has 0 unspecified atom stereocenters. The summed E-state index contributed by atoms with van der Waals surface area (Å²) in [7, 11) is 4.85. The van der Waals surface area contributed by atoms with E-state index in [4.69, 9.17) is 23.7 Å². The SMILES string of the molecule is CCOc1ccccc1OCCCC(=O)N1CCN(Cc2ccc(OC)c(OC)c2OC)CC1. The van der Waals surface area contributed by atoms with Gasteiger partial charge in [0.1, 0.15) is 0 Å². The molecule has 8 heteroatoms. The minimum Gasteiger partial charge on any atom is -0.493 e. The van der Waals surface area contributed by atoms with Gasteiger partial charge in [0.05, 0.1) is 34.5 Å². The molecule has 2 aromatic rings. The van der Waals surface area contributed by atoms with Crippen molar-refractivity contribution >= 4 is 5.91 Å². The van der Waals surface area contributed by atoms with Crippen molar-refractivity contribution < 1.29 is 28.5 Å². The van der Waals surface area contributed by atoms with E-state index in [0.29, 0.717) is 56.4 Å². The number of carbonyl (C=O) groups is 1. The van der Waals surface area contributed by atoms with Crippen LogP contribution >= 0.6 is 0 Å². The highest BCUT2D eigenvalue weighted by Crippen LogP contribution is 2.40. The van der Waals surface area contributed by atoms with E-state index in [9.17, 15) is 4.79 Å². The van der Waals surface area contributed by atoms with Gasteiger partial charge in [-0.2, -0.15) is 0 Å². The van der Waals surface area contributed by atoms with E-state index in [1.807, 2.05) is 48.2 Å². The van der Waals surface area contributed by atoms with Crippen LogP contribution in [0.4, 0.5) is 0 Å². The largest absolute Gasteiger partial charge is 0.493 e. The fraction of sp³-hybridized carbons (Fsp3) is 0.500. The Morgan fingerprint density at radius 1 is 0.824 bits per heavy atom. The van der Waals surface area contributed by atoms with Crippen molar-refractivity contribution in [2.45, 2.75) is 26.3 Å². The zero-order valence-corrected chi connectivity index (χ0v) is 20.7. The molecule has 0 atom stereocenters. The van der Waals surface area contributed by atoms with Gasteiger partial charge in [0.15, 0.2) is 23.0 Å². The van der Waals surface area contributed by atoms with Crippen molar-refractivity contribution in [1.82, 2.24) is 9.80 Å². The number of amides is 1. The Hall–Kier alpha value is -3.13. The zero-order valence-electron chi connectivity index (χ0n) is 20.7. The van der Waals surface area contributed by atoms with Crippen LogP contribution in [0, 0.1) is 0 Å². The van der Waals surface area contributed by atoms with Crippen LogP contribution in [0.5, 0.6) is 28.7 Å². The van der Waals surface area contributed by atoms with Crippen molar-refractivity contribution in [3.8, 4) is 28.7 Å². The van der Waals surface area contributed by atoms with Gasteiger partial charge in [-0.15, -0.1) is 0 Å². The molecule has 2 aromatic carbocycles. The number of rotatable bonds is 12. The normalized spacial score (nSPS) is 13.9. The van der Waals surface area contributed by atoms with Crippen LogP contribution in [0.25, 0.3) is 0 Å². The van der Waals surface area contributed by atoms with Crippen LogP contribution in [0.2, 0.25) is 0 Å². The molecule has 3 rings (SSSR count). The molecule has 0 spiro atoms. The highest BCUT2D eigenvalue weighted by Gasteiger charge is 2.23. The monoisotopic (exact) mass is 472 g/mol. The number of ether oxygens (including phenoxy) is 5. The fourth-order valence-electron chi connectivity index (χ4n) is 4.09.